The first kappa shape index (κ1) is 19.6. The van der Waals surface area contributed by atoms with Gasteiger partial charge in [0.2, 0.25) is 0 Å². The number of nitrogens with zero attached hydrogens (tertiary/aromatic N) is 3. The zero-order chi connectivity index (χ0) is 20.2. The van der Waals surface area contributed by atoms with Gasteiger partial charge in [-0.15, -0.1) is 11.3 Å². The lowest BCUT2D eigenvalue weighted by Gasteiger charge is -2.34. The van der Waals surface area contributed by atoms with Crippen molar-refractivity contribution in [1.29, 1.82) is 0 Å². The summed E-state index contributed by atoms with van der Waals surface area (Å²) in [6.45, 7) is 6.06. The van der Waals surface area contributed by atoms with Crippen LogP contribution in [0.25, 0.3) is 10.6 Å². The Morgan fingerprint density at radius 1 is 1.03 bits per heavy atom. The molecule has 1 aliphatic rings. The highest BCUT2D eigenvalue weighted by Crippen LogP contribution is 2.29. The minimum Gasteiger partial charge on any atom is -0.497 e. The molecule has 1 saturated heterocycles. The first-order valence-corrected chi connectivity index (χ1v) is 10.6. The van der Waals surface area contributed by atoms with Crippen molar-refractivity contribution in [3.63, 3.8) is 0 Å². The number of rotatable bonds is 5. The van der Waals surface area contributed by atoms with E-state index >= 15 is 0 Å². The van der Waals surface area contributed by atoms with Gasteiger partial charge in [-0.25, -0.2) is 4.98 Å². The lowest BCUT2D eigenvalue weighted by atomic mass is 10.2. The number of aryl methyl sites for hydroxylation is 1. The minimum atomic E-state index is 0.103. The van der Waals surface area contributed by atoms with Gasteiger partial charge in [0.25, 0.3) is 5.91 Å². The lowest BCUT2D eigenvalue weighted by molar-refractivity contribution is 0.0632. The van der Waals surface area contributed by atoms with Crippen LogP contribution in [0.4, 0.5) is 0 Å². The summed E-state index contributed by atoms with van der Waals surface area (Å²) < 4.78 is 5.22. The van der Waals surface area contributed by atoms with E-state index in [1.54, 1.807) is 7.11 Å². The number of thiazole rings is 1. The number of benzene rings is 2. The molecular formula is C23H25N3O2S. The normalized spacial score (nSPS) is 14.8. The van der Waals surface area contributed by atoms with Crippen molar-refractivity contribution in [3.8, 4) is 16.3 Å². The van der Waals surface area contributed by atoms with E-state index in [-0.39, 0.29) is 5.91 Å². The van der Waals surface area contributed by atoms with Gasteiger partial charge in [0.15, 0.2) is 0 Å². The SMILES string of the molecule is COc1ccc(CN2CCN(C(=O)c3sc(-c4ccccc4)nc3C)CC2)cc1. The van der Waals surface area contributed by atoms with E-state index in [4.69, 9.17) is 4.74 Å². The Bertz CT molecular complexity index is 962. The Kier molecular flexibility index (Phi) is 5.92. The average molecular weight is 408 g/mol. The maximum absolute atomic E-state index is 13.1. The van der Waals surface area contributed by atoms with Gasteiger partial charge in [-0.2, -0.15) is 0 Å². The summed E-state index contributed by atoms with van der Waals surface area (Å²) in [5.74, 6) is 0.977. The van der Waals surface area contributed by atoms with E-state index in [9.17, 15) is 4.79 Å². The number of ether oxygens (including phenoxy) is 1. The first-order valence-electron chi connectivity index (χ1n) is 9.81. The predicted octanol–water partition coefficient (Wildman–Crippen LogP) is 4.09. The molecule has 0 spiro atoms. The largest absolute Gasteiger partial charge is 0.497 e. The van der Waals surface area contributed by atoms with Crippen LogP contribution < -0.4 is 4.74 Å². The van der Waals surface area contributed by atoms with Gasteiger partial charge in [-0.3, -0.25) is 9.69 Å². The molecule has 0 aliphatic carbocycles. The van der Waals surface area contributed by atoms with Crippen molar-refractivity contribution in [1.82, 2.24) is 14.8 Å². The molecule has 29 heavy (non-hydrogen) atoms. The molecule has 0 N–H and O–H groups in total. The van der Waals surface area contributed by atoms with E-state index in [1.807, 2.05) is 54.3 Å². The zero-order valence-electron chi connectivity index (χ0n) is 16.8. The maximum Gasteiger partial charge on any atom is 0.265 e. The second kappa shape index (κ2) is 8.76. The first-order chi connectivity index (χ1) is 14.1. The second-order valence-electron chi connectivity index (χ2n) is 7.22. The van der Waals surface area contributed by atoms with Crippen molar-refractivity contribution in [2.45, 2.75) is 13.5 Å². The van der Waals surface area contributed by atoms with Crippen molar-refractivity contribution >= 4 is 17.2 Å². The van der Waals surface area contributed by atoms with Gasteiger partial charge in [0, 0.05) is 38.3 Å². The zero-order valence-corrected chi connectivity index (χ0v) is 17.6. The lowest BCUT2D eigenvalue weighted by Crippen LogP contribution is -2.48. The van der Waals surface area contributed by atoms with E-state index in [0.29, 0.717) is 0 Å². The molecule has 1 aliphatic heterocycles. The van der Waals surface area contributed by atoms with Crippen LogP contribution in [-0.2, 0) is 6.54 Å². The van der Waals surface area contributed by atoms with E-state index in [2.05, 4.69) is 22.0 Å². The summed E-state index contributed by atoms with van der Waals surface area (Å²) in [7, 11) is 1.68. The van der Waals surface area contributed by atoms with Crippen molar-refractivity contribution < 1.29 is 9.53 Å². The van der Waals surface area contributed by atoms with Crippen LogP contribution in [-0.4, -0.2) is 54.0 Å². The van der Waals surface area contributed by atoms with E-state index in [1.165, 1.54) is 16.9 Å². The molecule has 5 nitrogen and oxygen atoms in total. The minimum absolute atomic E-state index is 0.103. The summed E-state index contributed by atoms with van der Waals surface area (Å²) in [5.41, 5.74) is 3.14. The molecule has 0 bridgehead atoms. The highest BCUT2D eigenvalue weighted by Gasteiger charge is 2.25. The van der Waals surface area contributed by atoms with Crippen LogP contribution in [0, 0.1) is 6.92 Å². The van der Waals surface area contributed by atoms with Crippen LogP contribution >= 0.6 is 11.3 Å². The fraction of sp³-hybridized carbons (Fsp3) is 0.304. The van der Waals surface area contributed by atoms with Crippen molar-refractivity contribution in [2.75, 3.05) is 33.3 Å². The van der Waals surface area contributed by atoms with Gasteiger partial charge in [-0.1, -0.05) is 42.5 Å². The number of amides is 1. The van der Waals surface area contributed by atoms with Crippen LogP contribution in [0.1, 0.15) is 20.9 Å². The summed E-state index contributed by atoms with van der Waals surface area (Å²) in [5, 5.41) is 0.907. The highest BCUT2D eigenvalue weighted by atomic mass is 32.1. The molecule has 3 aromatic rings. The number of methoxy groups -OCH3 is 1. The van der Waals surface area contributed by atoms with Crippen molar-refractivity contribution in [2.24, 2.45) is 0 Å². The Balaban J connectivity index is 1.37. The van der Waals surface area contributed by atoms with Gasteiger partial charge in [-0.05, 0) is 24.6 Å². The van der Waals surface area contributed by atoms with Crippen molar-refractivity contribution in [3.05, 3.63) is 70.7 Å². The molecular weight excluding hydrogens is 382 g/mol. The molecule has 0 saturated carbocycles. The fourth-order valence-electron chi connectivity index (χ4n) is 3.54. The topological polar surface area (TPSA) is 45.7 Å². The third-order valence-corrected chi connectivity index (χ3v) is 6.43. The summed E-state index contributed by atoms with van der Waals surface area (Å²) in [6, 6.07) is 18.2. The monoisotopic (exact) mass is 407 g/mol. The standard InChI is InChI=1S/C23H25N3O2S/c1-17-21(29-22(24-17)19-6-4-3-5-7-19)23(27)26-14-12-25(13-15-26)16-18-8-10-20(28-2)11-9-18/h3-11H,12-16H2,1-2H3. The molecule has 1 fully saturated rings. The van der Waals surface area contributed by atoms with Crippen LogP contribution in [0.2, 0.25) is 0 Å². The average Bonchev–Trinajstić information content (AvgIpc) is 3.16. The molecule has 2 heterocycles. The molecule has 1 aromatic heterocycles. The number of carbonyl (C=O) groups is 1. The fourth-order valence-corrected chi connectivity index (χ4v) is 4.58. The number of aromatic nitrogens is 1. The highest BCUT2D eigenvalue weighted by molar-refractivity contribution is 7.17. The van der Waals surface area contributed by atoms with Crippen LogP contribution in [0.3, 0.4) is 0 Å². The Morgan fingerprint density at radius 3 is 2.38 bits per heavy atom. The number of hydrogen-bond donors (Lipinski definition) is 0. The molecule has 0 atom stereocenters. The molecule has 2 aromatic carbocycles. The Labute approximate surface area is 175 Å². The molecule has 0 radical (unpaired) electrons. The number of piperazine rings is 1. The predicted molar refractivity (Wildman–Crippen MR) is 116 cm³/mol. The third-order valence-electron chi connectivity index (χ3n) is 5.24. The van der Waals surface area contributed by atoms with Gasteiger partial charge in [0.1, 0.15) is 15.6 Å². The Hall–Kier alpha value is -2.70. The third kappa shape index (κ3) is 4.49. The number of carbonyl (C=O) groups excluding carboxylic acids is 1. The smallest absolute Gasteiger partial charge is 0.265 e. The molecule has 150 valence electrons. The molecule has 6 heteroatoms. The summed E-state index contributed by atoms with van der Waals surface area (Å²) in [6.07, 6.45) is 0. The van der Waals surface area contributed by atoms with Gasteiger partial charge >= 0.3 is 0 Å². The quantitative estimate of drug-likeness (QED) is 0.639. The van der Waals surface area contributed by atoms with Gasteiger partial charge in [0.05, 0.1) is 12.8 Å². The number of hydrogen-bond acceptors (Lipinski definition) is 5. The Morgan fingerprint density at radius 2 is 1.72 bits per heavy atom. The summed E-state index contributed by atoms with van der Waals surface area (Å²) >= 11 is 1.49. The molecule has 0 unspecified atom stereocenters. The molecule has 1 amide bonds. The maximum atomic E-state index is 13.1. The van der Waals surface area contributed by atoms with Crippen LogP contribution in [0.15, 0.2) is 54.6 Å². The second-order valence-corrected chi connectivity index (χ2v) is 8.22. The van der Waals surface area contributed by atoms with E-state index < -0.39 is 0 Å². The van der Waals surface area contributed by atoms with Crippen LogP contribution in [0.5, 0.6) is 5.75 Å². The summed E-state index contributed by atoms with van der Waals surface area (Å²) in [4.78, 5) is 22.8. The molecule has 4 rings (SSSR count). The van der Waals surface area contributed by atoms with E-state index in [0.717, 1.165) is 59.6 Å². The van der Waals surface area contributed by atoms with Gasteiger partial charge < -0.3 is 9.64 Å².